The number of carbonyl (C=O) groups excluding carboxylic acids is 2. The van der Waals surface area contributed by atoms with Gasteiger partial charge in [0.05, 0.1) is 5.69 Å². The van der Waals surface area contributed by atoms with E-state index in [2.05, 4.69) is 10.3 Å². The third-order valence-corrected chi connectivity index (χ3v) is 4.94. The van der Waals surface area contributed by atoms with Gasteiger partial charge in [0.2, 0.25) is 0 Å². The maximum Gasteiger partial charge on any atom is 0.262 e. The van der Waals surface area contributed by atoms with Crippen LogP contribution in [-0.2, 0) is 4.79 Å². The summed E-state index contributed by atoms with van der Waals surface area (Å²) in [6, 6.07) is 14.2. The molecule has 0 aliphatic heterocycles. The molecule has 0 bridgehead atoms. The van der Waals surface area contributed by atoms with E-state index in [9.17, 15) is 9.59 Å². The van der Waals surface area contributed by atoms with Crippen molar-refractivity contribution in [3.63, 3.8) is 0 Å². The minimum atomic E-state index is -0.265. The molecule has 0 atom stereocenters. The number of rotatable bonds is 6. The summed E-state index contributed by atoms with van der Waals surface area (Å²) in [6.45, 7) is 1.38. The number of ketones is 1. The van der Waals surface area contributed by atoms with Gasteiger partial charge >= 0.3 is 0 Å². The molecule has 4 rings (SSSR count). The van der Waals surface area contributed by atoms with Gasteiger partial charge in [0, 0.05) is 34.6 Å². The molecule has 6 nitrogen and oxygen atoms in total. The predicted molar refractivity (Wildman–Crippen MR) is 109 cm³/mol. The molecule has 140 valence electrons. The molecule has 1 amide bonds. The highest BCUT2D eigenvalue weighted by molar-refractivity contribution is 7.15. The lowest BCUT2D eigenvalue weighted by Gasteiger charge is -2.09. The van der Waals surface area contributed by atoms with Crippen molar-refractivity contribution in [2.24, 2.45) is 0 Å². The number of fused-ring (bicyclic) bond motifs is 1. The monoisotopic (exact) mass is 391 g/mol. The van der Waals surface area contributed by atoms with Gasteiger partial charge in [-0.05, 0) is 43.3 Å². The van der Waals surface area contributed by atoms with E-state index in [0.717, 1.165) is 16.2 Å². The fourth-order valence-electron chi connectivity index (χ4n) is 2.75. The molecule has 0 radical (unpaired) electrons. The minimum Gasteiger partial charge on any atom is -0.484 e. The van der Waals surface area contributed by atoms with E-state index in [1.54, 1.807) is 35.6 Å². The summed E-state index contributed by atoms with van der Waals surface area (Å²) < 4.78 is 7.45. The van der Waals surface area contributed by atoms with Crippen molar-refractivity contribution in [1.82, 2.24) is 9.38 Å². The minimum absolute atomic E-state index is 0.0123. The number of ether oxygens (including phenoxy) is 1. The SMILES string of the molecule is CC(=O)c1ccc(OCC(=O)Nc2cccc(-c3cn4ccsc4n3)c2)cc1. The van der Waals surface area contributed by atoms with Crippen molar-refractivity contribution in [1.29, 1.82) is 0 Å². The average molecular weight is 391 g/mol. The number of nitrogens with one attached hydrogen (secondary N) is 1. The first kappa shape index (κ1) is 17.9. The first-order valence-electron chi connectivity index (χ1n) is 8.65. The molecule has 0 unspecified atom stereocenters. The van der Waals surface area contributed by atoms with E-state index in [1.807, 2.05) is 46.4 Å². The van der Waals surface area contributed by atoms with E-state index < -0.39 is 0 Å². The maximum atomic E-state index is 12.2. The summed E-state index contributed by atoms with van der Waals surface area (Å²) in [5, 5.41) is 4.81. The molecule has 0 saturated carbocycles. The van der Waals surface area contributed by atoms with Gasteiger partial charge in [0.25, 0.3) is 5.91 Å². The second kappa shape index (κ2) is 7.66. The van der Waals surface area contributed by atoms with Crippen LogP contribution >= 0.6 is 11.3 Å². The molecule has 0 spiro atoms. The van der Waals surface area contributed by atoms with Gasteiger partial charge in [-0.3, -0.25) is 14.0 Å². The summed E-state index contributed by atoms with van der Waals surface area (Å²) >= 11 is 1.57. The van der Waals surface area contributed by atoms with Gasteiger partial charge in [0.15, 0.2) is 17.4 Å². The zero-order valence-electron chi connectivity index (χ0n) is 15.1. The van der Waals surface area contributed by atoms with E-state index in [-0.39, 0.29) is 18.3 Å². The van der Waals surface area contributed by atoms with Crippen molar-refractivity contribution >= 4 is 33.7 Å². The van der Waals surface area contributed by atoms with Crippen molar-refractivity contribution < 1.29 is 14.3 Å². The van der Waals surface area contributed by atoms with Gasteiger partial charge in [-0.15, -0.1) is 11.3 Å². The molecule has 2 aromatic heterocycles. The number of hydrogen-bond acceptors (Lipinski definition) is 5. The van der Waals surface area contributed by atoms with Crippen molar-refractivity contribution in [2.75, 3.05) is 11.9 Å². The van der Waals surface area contributed by atoms with Crippen LogP contribution in [0, 0.1) is 0 Å². The zero-order chi connectivity index (χ0) is 19.5. The first-order chi connectivity index (χ1) is 13.6. The summed E-state index contributed by atoms with van der Waals surface area (Å²) in [5.74, 6) is 0.257. The Bertz CT molecular complexity index is 1120. The highest BCUT2D eigenvalue weighted by Gasteiger charge is 2.08. The van der Waals surface area contributed by atoms with Crippen LogP contribution in [0.2, 0.25) is 0 Å². The van der Waals surface area contributed by atoms with Crippen LogP contribution in [0.5, 0.6) is 5.75 Å². The largest absolute Gasteiger partial charge is 0.484 e. The second-order valence-corrected chi connectivity index (χ2v) is 7.09. The van der Waals surface area contributed by atoms with E-state index in [0.29, 0.717) is 17.0 Å². The molecule has 7 heteroatoms. The Balaban J connectivity index is 1.39. The van der Waals surface area contributed by atoms with Crippen LogP contribution in [0.25, 0.3) is 16.2 Å². The van der Waals surface area contributed by atoms with Crippen LogP contribution in [0.1, 0.15) is 17.3 Å². The fourth-order valence-corrected chi connectivity index (χ4v) is 3.45. The summed E-state index contributed by atoms with van der Waals surface area (Å²) in [5.41, 5.74) is 3.06. The molecule has 28 heavy (non-hydrogen) atoms. The quantitative estimate of drug-likeness (QED) is 0.498. The van der Waals surface area contributed by atoms with Crippen molar-refractivity contribution in [3.05, 3.63) is 71.9 Å². The standard InChI is InChI=1S/C21H17N3O3S/c1-14(25)15-5-7-18(8-6-15)27-13-20(26)22-17-4-2-3-16(11-17)19-12-24-9-10-28-21(24)23-19/h2-12H,13H2,1H3,(H,22,26). The summed E-state index contributed by atoms with van der Waals surface area (Å²) in [7, 11) is 0. The smallest absolute Gasteiger partial charge is 0.262 e. The van der Waals surface area contributed by atoms with Gasteiger partial charge in [-0.1, -0.05) is 12.1 Å². The molecule has 4 aromatic rings. The van der Waals surface area contributed by atoms with Crippen LogP contribution in [0.4, 0.5) is 5.69 Å². The lowest BCUT2D eigenvalue weighted by Crippen LogP contribution is -2.20. The van der Waals surface area contributed by atoms with Crippen LogP contribution in [-0.4, -0.2) is 27.7 Å². The number of nitrogens with zero attached hydrogens (tertiary/aromatic N) is 2. The fraction of sp³-hybridized carbons (Fsp3) is 0.0952. The number of Topliss-reactive ketones (excluding diaryl/α,β-unsaturated/α-hetero) is 1. The molecule has 0 aliphatic rings. The number of carbonyl (C=O) groups is 2. The number of anilines is 1. The third kappa shape index (κ3) is 3.94. The number of aromatic nitrogens is 2. The summed E-state index contributed by atoms with van der Waals surface area (Å²) in [4.78, 5) is 29.0. The number of hydrogen-bond donors (Lipinski definition) is 1. The van der Waals surface area contributed by atoms with E-state index in [4.69, 9.17) is 4.74 Å². The highest BCUT2D eigenvalue weighted by atomic mass is 32.1. The van der Waals surface area contributed by atoms with Crippen LogP contribution < -0.4 is 10.1 Å². The lowest BCUT2D eigenvalue weighted by molar-refractivity contribution is -0.118. The number of imidazole rings is 1. The number of benzene rings is 2. The van der Waals surface area contributed by atoms with Crippen molar-refractivity contribution in [3.8, 4) is 17.0 Å². The first-order valence-corrected chi connectivity index (χ1v) is 9.53. The van der Waals surface area contributed by atoms with Gasteiger partial charge in [-0.25, -0.2) is 4.98 Å². The maximum absolute atomic E-state index is 12.2. The van der Waals surface area contributed by atoms with E-state index >= 15 is 0 Å². The summed E-state index contributed by atoms with van der Waals surface area (Å²) in [6.07, 6.45) is 3.92. The second-order valence-electron chi connectivity index (χ2n) is 6.22. The lowest BCUT2D eigenvalue weighted by atomic mass is 10.1. The topological polar surface area (TPSA) is 72.7 Å². The van der Waals surface area contributed by atoms with Gasteiger partial charge in [0.1, 0.15) is 5.75 Å². The Kier molecular flexibility index (Phi) is 4.90. The number of amides is 1. The molecule has 0 fully saturated rings. The zero-order valence-corrected chi connectivity index (χ0v) is 15.9. The molecule has 0 saturated heterocycles. The molecular formula is C21H17N3O3S. The Morgan fingerprint density at radius 3 is 2.75 bits per heavy atom. The van der Waals surface area contributed by atoms with Crippen LogP contribution in [0.3, 0.4) is 0 Å². The predicted octanol–water partition coefficient (Wildman–Crippen LogP) is 4.28. The normalized spacial score (nSPS) is 10.8. The molecular weight excluding hydrogens is 374 g/mol. The molecule has 0 aliphatic carbocycles. The molecule has 1 N–H and O–H groups in total. The van der Waals surface area contributed by atoms with Crippen molar-refractivity contribution in [2.45, 2.75) is 6.92 Å². The Morgan fingerprint density at radius 2 is 2.00 bits per heavy atom. The molecule has 2 aromatic carbocycles. The Morgan fingerprint density at radius 1 is 1.18 bits per heavy atom. The van der Waals surface area contributed by atoms with Gasteiger partial charge in [-0.2, -0.15) is 0 Å². The third-order valence-electron chi connectivity index (χ3n) is 4.17. The number of thiazole rings is 1. The van der Waals surface area contributed by atoms with Gasteiger partial charge < -0.3 is 10.1 Å². The highest BCUT2D eigenvalue weighted by Crippen LogP contribution is 2.24. The Labute approximate surface area is 165 Å². The Hall–Kier alpha value is -3.45. The molecule has 2 heterocycles. The average Bonchev–Trinajstić information content (AvgIpc) is 3.29. The van der Waals surface area contributed by atoms with E-state index in [1.165, 1.54) is 6.92 Å². The van der Waals surface area contributed by atoms with Crippen LogP contribution in [0.15, 0.2) is 66.3 Å².